The molecule has 0 unspecified atom stereocenters. The van der Waals surface area contributed by atoms with Crippen LogP contribution in [0.1, 0.15) is 19.5 Å². The molecule has 0 fully saturated rings. The standard InChI is InChI=1S/C24H25N5O5S/c1-4-32-20-10-11-22(21(16-20)33-5-2)35(30,31)28-18-6-8-19(9-7-18)34-24-13-12-23(25-26-24)29-15-14-17(3)27-29/h6-16,28H,4-5H2,1-3H3. The Balaban J connectivity index is 1.45. The fourth-order valence-electron chi connectivity index (χ4n) is 3.19. The molecular formula is C24H25N5O5S. The van der Waals surface area contributed by atoms with Crippen LogP contribution in [-0.2, 0) is 10.0 Å². The number of hydrogen-bond acceptors (Lipinski definition) is 8. The van der Waals surface area contributed by atoms with E-state index in [0.717, 1.165) is 5.69 Å². The van der Waals surface area contributed by atoms with Crippen molar-refractivity contribution in [2.45, 2.75) is 25.7 Å². The molecular weight excluding hydrogens is 470 g/mol. The summed E-state index contributed by atoms with van der Waals surface area (Å²) in [5.41, 5.74) is 1.24. The number of nitrogens with zero attached hydrogens (tertiary/aromatic N) is 4. The zero-order chi connectivity index (χ0) is 24.8. The number of aromatic nitrogens is 4. The Kier molecular flexibility index (Phi) is 7.16. The molecule has 10 nitrogen and oxygen atoms in total. The van der Waals surface area contributed by atoms with Gasteiger partial charge in [0.15, 0.2) is 5.82 Å². The predicted molar refractivity (Wildman–Crippen MR) is 130 cm³/mol. The number of anilines is 1. The molecule has 182 valence electrons. The summed E-state index contributed by atoms with van der Waals surface area (Å²) in [7, 11) is -3.90. The number of sulfonamides is 1. The van der Waals surface area contributed by atoms with Gasteiger partial charge in [0.25, 0.3) is 10.0 Å². The Morgan fingerprint density at radius 1 is 0.886 bits per heavy atom. The second-order valence-electron chi connectivity index (χ2n) is 7.34. The van der Waals surface area contributed by atoms with Crippen LogP contribution >= 0.6 is 0 Å². The van der Waals surface area contributed by atoms with Crippen molar-refractivity contribution >= 4 is 15.7 Å². The van der Waals surface area contributed by atoms with Gasteiger partial charge in [-0.2, -0.15) is 5.10 Å². The Hall–Kier alpha value is -4.12. The Morgan fingerprint density at radius 3 is 2.26 bits per heavy atom. The fourth-order valence-corrected chi connectivity index (χ4v) is 4.38. The second kappa shape index (κ2) is 10.4. The van der Waals surface area contributed by atoms with Gasteiger partial charge in [-0.1, -0.05) is 0 Å². The average Bonchev–Trinajstić information content (AvgIpc) is 3.27. The van der Waals surface area contributed by atoms with Gasteiger partial charge in [-0.15, -0.1) is 10.2 Å². The molecule has 0 aliphatic rings. The van der Waals surface area contributed by atoms with Crippen LogP contribution in [0.5, 0.6) is 23.1 Å². The lowest BCUT2D eigenvalue weighted by atomic mass is 10.3. The Labute approximate surface area is 203 Å². The smallest absolute Gasteiger partial charge is 0.265 e. The lowest BCUT2D eigenvalue weighted by Crippen LogP contribution is -2.14. The topological polar surface area (TPSA) is 117 Å². The number of aryl methyl sites for hydroxylation is 1. The summed E-state index contributed by atoms with van der Waals surface area (Å²) in [5.74, 6) is 2.09. The molecule has 0 atom stereocenters. The maximum absolute atomic E-state index is 13.0. The number of nitrogens with one attached hydrogen (secondary N) is 1. The van der Waals surface area contributed by atoms with Gasteiger partial charge in [-0.25, -0.2) is 13.1 Å². The number of rotatable bonds is 10. The zero-order valence-electron chi connectivity index (χ0n) is 19.5. The monoisotopic (exact) mass is 495 g/mol. The summed E-state index contributed by atoms with van der Waals surface area (Å²) in [5, 5.41) is 12.5. The van der Waals surface area contributed by atoms with E-state index in [1.165, 1.54) is 6.07 Å². The van der Waals surface area contributed by atoms with E-state index in [1.807, 2.05) is 19.9 Å². The molecule has 0 amide bonds. The van der Waals surface area contributed by atoms with E-state index in [0.29, 0.717) is 42.1 Å². The van der Waals surface area contributed by atoms with Crippen molar-refractivity contribution in [1.82, 2.24) is 20.0 Å². The Bertz CT molecular complexity index is 1390. The molecule has 35 heavy (non-hydrogen) atoms. The summed E-state index contributed by atoms with van der Waals surface area (Å²) in [6.07, 6.45) is 1.80. The first-order chi connectivity index (χ1) is 16.9. The molecule has 2 aromatic heterocycles. The van der Waals surface area contributed by atoms with Crippen molar-refractivity contribution < 1.29 is 22.6 Å². The predicted octanol–water partition coefficient (Wildman–Crippen LogP) is 4.36. The van der Waals surface area contributed by atoms with Crippen molar-refractivity contribution in [2.24, 2.45) is 0 Å². The highest BCUT2D eigenvalue weighted by Gasteiger charge is 2.21. The van der Waals surface area contributed by atoms with E-state index in [9.17, 15) is 8.42 Å². The van der Waals surface area contributed by atoms with E-state index in [-0.39, 0.29) is 10.6 Å². The van der Waals surface area contributed by atoms with Crippen LogP contribution in [0.15, 0.2) is 71.8 Å². The number of hydrogen-bond donors (Lipinski definition) is 1. The molecule has 0 aliphatic heterocycles. The largest absolute Gasteiger partial charge is 0.494 e. The van der Waals surface area contributed by atoms with Gasteiger partial charge in [-0.05, 0) is 69.3 Å². The first kappa shape index (κ1) is 24.0. The van der Waals surface area contributed by atoms with Crippen LogP contribution in [0.3, 0.4) is 0 Å². The zero-order valence-corrected chi connectivity index (χ0v) is 20.3. The van der Waals surface area contributed by atoms with E-state index < -0.39 is 10.0 Å². The van der Waals surface area contributed by atoms with E-state index in [4.69, 9.17) is 14.2 Å². The normalized spacial score (nSPS) is 11.2. The molecule has 0 bridgehead atoms. The van der Waals surface area contributed by atoms with E-state index in [1.54, 1.807) is 66.3 Å². The van der Waals surface area contributed by atoms with Crippen LogP contribution < -0.4 is 18.9 Å². The summed E-state index contributed by atoms with van der Waals surface area (Å²) in [6, 6.07) is 16.4. The van der Waals surface area contributed by atoms with Gasteiger partial charge in [0.1, 0.15) is 22.1 Å². The van der Waals surface area contributed by atoms with Crippen molar-refractivity contribution in [3.8, 4) is 28.9 Å². The van der Waals surface area contributed by atoms with Crippen LogP contribution in [-0.4, -0.2) is 41.6 Å². The van der Waals surface area contributed by atoms with Gasteiger partial charge in [0.05, 0.1) is 18.9 Å². The van der Waals surface area contributed by atoms with Crippen LogP contribution in [0.4, 0.5) is 5.69 Å². The lowest BCUT2D eigenvalue weighted by molar-refractivity contribution is 0.317. The van der Waals surface area contributed by atoms with Crippen LogP contribution in [0.2, 0.25) is 0 Å². The third-order valence-electron chi connectivity index (χ3n) is 4.73. The van der Waals surface area contributed by atoms with Gasteiger partial charge < -0.3 is 14.2 Å². The highest BCUT2D eigenvalue weighted by molar-refractivity contribution is 7.92. The number of benzene rings is 2. The van der Waals surface area contributed by atoms with Gasteiger partial charge in [-0.3, -0.25) is 4.72 Å². The maximum Gasteiger partial charge on any atom is 0.265 e. The summed E-state index contributed by atoms with van der Waals surface area (Å²) in [6.45, 7) is 6.30. The molecule has 0 radical (unpaired) electrons. The SMILES string of the molecule is CCOc1ccc(S(=O)(=O)Nc2ccc(Oc3ccc(-n4ccc(C)n4)nn3)cc2)c(OCC)c1. The molecule has 0 saturated heterocycles. The van der Waals surface area contributed by atoms with Crippen molar-refractivity contribution in [2.75, 3.05) is 17.9 Å². The number of ether oxygens (including phenoxy) is 3. The van der Waals surface area contributed by atoms with E-state index in [2.05, 4.69) is 20.0 Å². The fraction of sp³-hybridized carbons (Fsp3) is 0.208. The molecule has 11 heteroatoms. The summed E-state index contributed by atoms with van der Waals surface area (Å²) < 4.78 is 46.9. The van der Waals surface area contributed by atoms with E-state index >= 15 is 0 Å². The first-order valence-electron chi connectivity index (χ1n) is 10.9. The third-order valence-corrected chi connectivity index (χ3v) is 6.15. The molecule has 4 aromatic rings. The van der Waals surface area contributed by atoms with Gasteiger partial charge in [0, 0.05) is 24.0 Å². The quantitative estimate of drug-likeness (QED) is 0.345. The third kappa shape index (κ3) is 5.87. The molecule has 0 spiro atoms. The molecule has 0 aliphatic carbocycles. The molecule has 2 aromatic carbocycles. The second-order valence-corrected chi connectivity index (χ2v) is 8.99. The highest BCUT2D eigenvalue weighted by atomic mass is 32.2. The highest BCUT2D eigenvalue weighted by Crippen LogP contribution is 2.31. The maximum atomic E-state index is 13.0. The van der Waals surface area contributed by atoms with Gasteiger partial charge in [0.2, 0.25) is 5.88 Å². The Morgan fingerprint density at radius 2 is 1.63 bits per heavy atom. The van der Waals surface area contributed by atoms with Crippen LogP contribution in [0.25, 0.3) is 5.82 Å². The molecule has 1 N–H and O–H groups in total. The van der Waals surface area contributed by atoms with Gasteiger partial charge >= 0.3 is 0 Å². The molecule has 0 saturated carbocycles. The van der Waals surface area contributed by atoms with Crippen molar-refractivity contribution in [3.05, 3.63) is 72.6 Å². The average molecular weight is 496 g/mol. The first-order valence-corrected chi connectivity index (χ1v) is 12.4. The van der Waals surface area contributed by atoms with Crippen molar-refractivity contribution in [3.63, 3.8) is 0 Å². The minimum atomic E-state index is -3.90. The molecule has 2 heterocycles. The minimum Gasteiger partial charge on any atom is -0.494 e. The van der Waals surface area contributed by atoms with Crippen LogP contribution in [0, 0.1) is 6.92 Å². The lowest BCUT2D eigenvalue weighted by Gasteiger charge is -2.14. The van der Waals surface area contributed by atoms with Crippen molar-refractivity contribution in [1.29, 1.82) is 0 Å². The summed E-state index contributed by atoms with van der Waals surface area (Å²) >= 11 is 0. The minimum absolute atomic E-state index is 0.0193. The summed E-state index contributed by atoms with van der Waals surface area (Å²) in [4.78, 5) is 0.0193. The molecule has 4 rings (SSSR count).